The van der Waals surface area contributed by atoms with E-state index >= 15 is 0 Å². The largest absolute Gasteiger partial charge is 0.490 e. The number of carbonyl (C=O) groups excluding carboxylic acids is 1. The highest BCUT2D eigenvalue weighted by molar-refractivity contribution is 6.31. The van der Waals surface area contributed by atoms with E-state index in [9.17, 15) is 4.79 Å². The summed E-state index contributed by atoms with van der Waals surface area (Å²) < 4.78 is 13.0. The van der Waals surface area contributed by atoms with E-state index in [1.165, 1.54) is 0 Å². The van der Waals surface area contributed by atoms with Crippen molar-refractivity contribution in [2.24, 2.45) is 0 Å². The number of nitrogens with one attached hydrogen (secondary N) is 1. The van der Waals surface area contributed by atoms with Gasteiger partial charge in [0.05, 0.1) is 36.0 Å². The molecule has 1 aromatic heterocycles. The summed E-state index contributed by atoms with van der Waals surface area (Å²) in [7, 11) is 0. The number of benzene rings is 1. The molecule has 0 saturated carbocycles. The van der Waals surface area contributed by atoms with Crippen LogP contribution in [0.1, 0.15) is 37.2 Å². The normalized spacial score (nSPS) is 10.7. The molecule has 2 aromatic rings. The number of hydrogen-bond acceptors (Lipinski definition) is 4. The maximum absolute atomic E-state index is 12.2. The Morgan fingerprint density at radius 3 is 2.52 bits per heavy atom. The number of amides is 1. The molecular formula is C20H28ClN3O3. The second-order valence-electron chi connectivity index (χ2n) is 6.24. The zero-order valence-corrected chi connectivity index (χ0v) is 17.2. The van der Waals surface area contributed by atoms with E-state index in [0.717, 1.165) is 29.9 Å². The number of ether oxygens (including phenoxy) is 2. The molecule has 1 aromatic carbocycles. The third-order valence-electron chi connectivity index (χ3n) is 4.13. The first-order valence-electron chi connectivity index (χ1n) is 9.31. The van der Waals surface area contributed by atoms with Crippen LogP contribution in [0.5, 0.6) is 11.5 Å². The van der Waals surface area contributed by atoms with Gasteiger partial charge in [-0.2, -0.15) is 5.10 Å². The fourth-order valence-corrected chi connectivity index (χ4v) is 2.94. The van der Waals surface area contributed by atoms with Gasteiger partial charge in [0.1, 0.15) is 0 Å². The van der Waals surface area contributed by atoms with Crippen molar-refractivity contribution < 1.29 is 14.3 Å². The van der Waals surface area contributed by atoms with Crippen LogP contribution >= 0.6 is 11.6 Å². The topological polar surface area (TPSA) is 65.4 Å². The quantitative estimate of drug-likeness (QED) is 0.625. The van der Waals surface area contributed by atoms with Crippen molar-refractivity contribution in [2.75, 3.05) is 19.8 Å². The Balaban J connectivity index is 1.83. The van der Waals surface area contributed by atoms with Gasteiger partial charge in [-0.1, -0.05) is 17.7 Å². The van der Waals surface area contributed by atoms with Crippen LogP contribution in [0.2, 0.25) is 5.02 Å². The molecule has 27 heavy (non-hydrogen) atoms. The van der Waals surface area contributed by atoms with E-state index in [-0.39, 0.29) is 5.91 Å². The van der Waals surface area contributed by atoms with Gasteiger partial charge >= 0.3 is 0 Å². The molecule has 0 aliphatic heterocycles. The van der Waals surface area contributed by atoms with Gasteiger partial charge in [-0.15, -0.1) is 0 Å². The molecule has 0 fully saturated rings. The molecule has 0 unspecified atom stereocenters. The zero-order chi connectivity index (χ0) is 19.8. The van der Waals surface area contributed by atoms with Crippen LogP contribution in [0.4, 0.5) is 0 Å². The lowest BCUT2D eigenvalue weighted by Crippen LogP contribution is -2.27. The predicted octanol–water partition coefficient (Wildman–Crippen LogP) is 3.70. The van der Waals surface area contributed by atoms with Gasteiger partial charge in [-0.3, -0.25) is 9.48 Å². The Hall–Kier alpha value is -2.21. The molecule has 1 heterocycles. The van der Waals surface area contributed by atoms with Crippen LogP contribution in [0.3, 0.4) is 0 Å². The van der Waals surface area contributed by atoms with Crippen molar-refractivity contribution in [1.82, 2.24) is 15.1 Å². The summed E-state index contributed by atoms with van der Waals surface area (Å²) in [4.78, 5) is 12.2. The number of aryl methyl sites for hydroxylation is 2. The van der Waals surface area contributed by atoms with Crippen LogP contribution in [0.25, 0.3) is 0 Å². The van der Waals surface area contributed by atoms with Crippen molar-refractivity contribution in [1.29, 1.82) is 0 Å². The van der Waals surface area contributed by atoms with Gasteiger partial charge in [-0.05, 0) is 51.8 Å². The maximum Gasteiger partial charge on any atom is 0.224 e. The number of rotatable bonds is 10. The number of nitrogens with zero attached hydrogens (tertiary/aromatic N) is 2. The standard InChI is InChI=1S/C20H28ClN3O3/c1-5-26-17-9-8-16(12-18(17)27-6-2)13-19(25)22-10-7-11-24-15(4)20(21)14(3)23-24/h8-9,12H,5-7,10-11,13H2,1-4H3,(H,22,25). The average Bonchev–Trinajstić information content (AvgIpc) is 2.88. The second kappa shape index (κ2) is 10.2. The smallest absolute Gasteiger partial charge is 0.224 e. The lowest BCUT2D eigenvalue weighted by Gasteiger charge is -2.12. The fourth-order valence-electron chi connectivity index (χ4n) is 2.80. The Labute approximate surface area is 165 Å². The highest BCUT2D eigenvalue weighted by atomic mass is 35.5. The third kappa shape index (κ3) is 5.89. The number of halogens is 1. The SMILES string of the molecule is CCOc1ccc(CC(=O)NCCCn2nc(C)c(Cl)c2C)cc1OCC. The van der Waals surface area contributed by atoms with Crippen LogP contribution in [-0.2, 0) is 17.8 Å². The van der Waals surface area contributed by atoms with E-state index in [0.29, 0.717) is 42.7 Å². The van der Waals surface area contributed by atoms with E-state index in [1.54, 1.807) is 0 Å². The number of carbonyl (C=O) groups is 1. The molecule has 0 aliphatic rings. The van der Waals surface area contributed by atoms with Gasteiger partial charge in [0.15, 0.2) is 11.5 Å². The van der Waals surface area contributed by atoms with Gasteiger partial charge in [0.2, 0.25) is 5.91 Å². The molecule has 0 atom stereocenters. The highest BCUT2D eigenvalue weighted by Crippen LogP contribution is 2.28. The van der Waals surface area contributed by atoms with E-state index in [2.05, 4.69) is 10.4 Å². The van der Waals surface area contributed by atoms with E-state index < -0.39 is 0 Å². The summed E-state index contributed by atoms with van der Waals surface area (Å²) >= 11 is 6.15. The number of aromatic nitrogens is 2. The first kappa shape index (κ1) is 21.1. The molecule has 148 valence electrons. The Morgan fingerprint density at radius 1 is 1.19 bits per heavy atom. The van der Waals surface area contributed by atoms with Crippen LogP contribution in [-0.4, -0.2) is 35.4 Å². The molecule has 2 rings (SSSR count). The van der Waals surface area contributed by atoms with Gasteiger partial charge < -0.3 is 14.8 Å². The molecule has 0 aliphatic carbocycles. The summed E-state index contributed by atoms with van der Waals surface area (Å²) in [5, 5.41) is 8.05. The van der Waals surface area contributed by atoms with Crippen LogP contribution in [0, 0.1) is 13.8 Å². The minimum atomic E-state index is -0.0204. The molecule has 0 bridgehead atoms. The van der Waals surface area contributed by atoms with Crippen molar-refractivity contribution in [3.05, 3.63) is 40.2 Å². The minimum absolute atomic E-state index is 0.0204. The molecule has 1 N–H and O–H groups in total. The fraction of sp³-hybridized carbons (Fsp3) is 0.500. The molecule has 0 spiro atoms. The maximum atomic E-state index is 12.2. The van der Waals surface area contributed by atoms with Crippen LogP contribution < -0.4 is 14.8 Å². The Morgan fingerprint density at radius 2 is 1.89 bits per heavy atom. The molecule has 1 amide bonds. The molecule has 7 heteroatoms. The van der Waals surface area contributed by atoms with Gasteiger partial charge in [0, 0.05) is 13.1 Å². The lowest BCUT2D eigenvalue weighted by molar-refractivity contribution is -0.120. The van der Waals surface area contributed by atoms with Crippen molar-refractivity contribution in [3.63, 3.8) is 0 Å². The monoisotopic (exact) mass is 393 g/mol. The van der Waals surface area contributed by atoms with E-state index in [1.807, 2.05) is 50.6 Å². The first-order valence-corrected chi connectivity index (χ1v) is 9.68. The van der Waals surface area contributed by atoms with E-state index in [4.69, 9.17) is 21.1 Å². The Bertz CT molecular complexity index is 774. The second-order valence-corrected chi connectivity index (χ2v) is 6.61. The first-order chi connectivity index (χ1) is 13.0. The van der Waals surface area contributed by atoms with Gasteiger partial charge in [0.25, 0.3) is 0 Å². The Kier molecular flexibility index (Phi) is 7.98. The molecular weight excluding hydrogens is 366 g/mol. The highest BCUT2D eigenvalue weighted by Gasteiger charge is 2.10. The van der Waals surface area contributed by atoms with Crippen molar-refractivity contribution in [3.8, 4) is 11.5 Å². The zero-order valence-electron chi connectivity index (χ0n) is 16.5. The summed E-state index contributed by atoms with van der Waals surface area (Å²) in [5.41, 5.74) is 2.68. The summed E-state index contributed by atoms with van der Waals surface area (Å²) in [6.45, 7) is 10.1. The van der Waals surface area contributed by atoms with Crippen molar-refractivity contribution >= 4 is 17.5 Å². The minimum Gasteiger partial charge on any atom is -0.490 e. The van der Waals surface area contributed by atoms with Gasteiger partial charge in [-0.25, -0.2) is 0 Å². The molecule has 0 saturated heterocycles. The summed E-state index contributed by atoms with van der Waals surface area (Å²) in [5.74, 6) is 1.35. The predicted molar refractivity (Wildman–Crippen MR) is 107 cm³/mol. The van der Waals surface area contributed by atoms with Crippen LogP contribution in [0.15, 0.2) is 18.2 Å². The summed E-state index contributed by atoms with van der Waals surface area (Å²) in [6, 6.07) is 5.61. The molecule has 0 radical (unpaired) electrons. The lowest BCUT2D eigenvalue weighted by atomic mass is 10.1. The average molecular weight is 394 g/mol. The molecule has 6 nitrogen and oxygen atoms in total. The third-order valence-corrected chi connectivity index (χ3v) is 4.68. The summed E-state index contributed by atoms with van der Waals surface area (Å²) in [6.07, 6.45) is 1.09. The number of hydrogen-bond donors (Lipinski definition) is 1. The van der Waals surface area contributed by atoms with Crippen molar-refractivity contribution in [2.45, 2.75) is 47.1 Å².